The van der Waals surface area contributed by atoms with Crippen LogP contribution in [0, 0.1) is 6.92 Å². The van der Waals surface area contributed by atoms with Crippen molar-refractivity contribution in [1.29, 1.82) is 0 Å². The predicted octanol–water partition coefficient (Wildman–Crippen LogP) is 2.96. The fraction of sp³-hybridized carbons (Fsp3) is 0.333. The van der Waals surface area contributed by atoms with Crippen molar-refractivity contribution in [1.82, 2.24) is 13.7 Å². The summed E-state index contributed by atoms with van der Waals surface area (Å²) in [6.07, 6.45) is 0.698. The first kappa shape index (κ1) is 20.8. The molecule has 3 aromatic rings. The molecule has 0 aliphatic carbocycles. The minimum atomic E-state index is -3.51. The van der Waals surface area contributed by atoms with E-state index in [4.69, 9.17) is 4.74 Å². The van der Waals surface area contributed by atoms with Crippen LogP contribution in [-0.4, -0.2) is 55.4 Å². The Hall–Kier alpha value is -2.49. The Bertz CT molecular complexity index is 1110. The van der Waals surface area contributed by atoms with E-state index in [1.807, 2.05) is 6.07 Å². The van der Waals surface area contributed by atoms with Crippen LogP contribution in [0.15, 0.2) is 53.4 Å². The van der Waals surface area contributed by atoms with Crippen LogP contribution in [0.4, 0.5) is 5.13 Å². The molecule has 30 heavy (non-hydrogen) atoms. The van der Waals surface area contributed by atoms with E-state index in [0.29, 0.717) is 38.3 Å². The lowest BCUT2D eigenvalue weighted by molar-refractivity contribution is 0.384. The van der Waals surface area contributed by atoms with Gasteiger partial charge in [-0.2, -0.15) is 8.68 Å². The van der Waals surface area contributed by atoms with Gasteiger partial charge in [-0.1, -0.05) is 29.8 Å². The van der Waals surface area contributed by atoms with Crippen LogP contribution in [0.5, 0.6) is 5.75 Å². The van der Waals surface area contributed by atoms with E-state index in [1.54, 1.807) is 31.4 Å². The summed E-state index contributed by atoms with van der Waals surface area (Å²) in [6, 6.07) is 14.8. The lowest BCUT2D eigenvalue weighted by Gasteiger charge is -2.33. The van der Waals surface area contributed by atoms with Crippen LogP contribution in [0.3, 0.4) is 0 Å². The summed E-state index contributed by atoms with van der Waals surface area (Å²) in [4.78, 5) is 7.07. The monoisotopic (exact) mass is 444 g/mol. The second-order valence-electron chi connectivity index (χ2n) is 7.23. The maximum atomic E-state index is 12.9. The van der Waals surface area contributed by atoms with Gasteiger partial charge < -0.3 is 9.64 Å². The normalized spacial score (nSPS) is 15.3. The van der Waals surface area contributed by atoms with Gasteiger partial charge in [-0.05, 0) is 36.8 Å². The molecule has 9 heteroatoms. The third-order valence-corrected chi connectivity index (χ3v) is 7.84. The first-order chi connectivity index (χ1) is 14.5. The second kappa shape index (κ2) is 8.71. The lowest BCUT2D eigenvalue weighted by Crippen LogP contribution is -2.48. The summed E-state index contributed by atoms with van der Waals surface area (Å²) in [5.41, 5.74) is 2.41. The summed E-state index contributed by atoms with van der Waals surface area (Å²) >= 11 is 1.37. The van der Waals surface area contributed by atoms with Gasteiger partial charge in [0.1, 0.15) is 11.6 Å². The van der Waals surface area contributed by atoms with E-state index in [-0.39, 0.29) is 4.90 Å². The molecule has 158 valence electrons. The highest BCUT2D eigenvalue weighted by Gasteiger charge is 2.29. The smallest absolute Gasteiger partial charge is 0.243 e. The third-order valence-electron chi connectivity index (χ3n) is 5.11. The summed E-state index contributed by atoms with van der Waals surface area (Å²) in [5, 5.41) is 0.846. The number of rotatable bonds is 6. The van der Waals surface area contributed by atoms with Crippen molar-refractivity contribution in [3.8, 4) is 5.75 Å². The van der Waals surface area contributed by atoms with Crippen molar-refractivity contribution < 1.29 is 13.2 Å². The SMILES string of the molecule is COc1ccc(S(=O)(=O)N2CCN(c3nc(Cc4cccc(C)c4)ns3)CC2)cc1. The molecule has 4 rings (SSSR count). The Labute approximate surface area is 181 Å². The lowest BCUT2D eigenvalue weighted by atomic mass is 10.1. The summed E-state index contributed by atoms with van der Waals surface area (Å²) in [6.45, 7) is 4.09. The van der Waals surface area contributed by atoms with Gasteiger partial charge in [0.05, 0.1) is 12.0 Å². The Morgan fingerprint density at radius 1 is 1.07 bits per heavy atom. The highest BCUT2D eigenvalue weighted by Crippen LogP contribution is 2.24. The largest absolute Gasteiger partial charge is 0.497 e. The van der Waals surface area contributed by atoms with Crippen molar-refractivity contribution in [2.24, 2.45) is 0 Å². The van der Waals surface area contributed by atoms with Crippen molar-refractivity contribution in [2.75, 3.05) is 38.2 Å². The van der Waals surface area contributed by atoms with Gasteiger partial charge in [-0.15, -0.1) is 0 Å². The fourth-order valence-corrected chi connectivity index (χ4v) is 5.63. The molecule has 1 fully saturated rings. The van der Waals surface area contributed by atoms with Gasteiger partial charge in [0.2, 0.25) is 15.2 Å². The minimum absolute atomic E-state index is 0.285. The van der Waals surface area contributed by atoms with Crippen LogP contribution in [0.2, 0.25) is 0 Å². The molecule has 7 nitrogen and oxygen atoms in total. The van der Waals surface area contributed by atoms with Gasteiger partial charge in [-0.25, -0.2) is 13.4 Å². The topological polar surface area (TPSA) is 75.6 Å². The minimum Gasteiger partial charge on any atom is -0.497 e. The van der Waals surface area contributed by atoms with Crippen molar-refractivity contribution in [3.05, 3.63) is 65.5 Å². The molecule has 2 heterocycles. The van der Waals surface area contributed by atoms with Crippen LogP contribution >= 0.6 is 11.5 Å². The Balaban J connectivity index is 1.39. The number of aryl methyl sites for hydroxylation is 1. The molecular weight excluding hydrogens is 420 g/mol. The van der Waals surface area contributed by atoms with E-state index in [9.17, 15) is 8.42 Å². The molecule has 1 aromatic heterocycles. The quantitative estimate of drug-likeness (QED) is 0.582. The summed E-state index contributed by atoms with van der Waals surface area (Å²) in [5.74, 6) is 1.44. The number of sulfonamides is 1. The number of piperazine rings is 1. The van der Waals surface area contributed by atoms with Crippen molar-refractivity contribution in [2.45, 2.75) is 18.2 Å². The highest BCUT2D eigenvalue weighted by atomic mass is 32.2. The zero-order chi connectivity index (χ0) is 21.1. The molecule has 0 atom stereocenters. The standard InChI is InChI=1S/C21H24N4O3S2/c1-16-4-3-5-17(14-16)15-20-22-21(29-23-20)24-10-12-25(13-11-24)30(26,27)19-8-6-18(28-2)7-9-19/h3-9,14H,10-13,15H2,1-2H3. The average molecular weight is 445 g/mol. The molecule has 1 aliphatic heterocycles. The molecule has 0 unspecified atom stereocenters. The molecule has 0 amide bonds. The van der Waals surface area contributed by atoms with Gasteiger partial charge in [0.15, 0.2) is 0 Å². The number of anilines is 1. The number of ether oxygens (including phenoxy) is 1. The zero-order valence-electron chi connectivity index (χ0n) is 17.0. The van der Waals surface area contributed by atoms with E-state index in [2.05, 4.69) is 39.4 Å². The number of aromatic nitrogens is 2. The molecule has 1 aliphatic rings. The van der Waals surface area contributed by atoms with E-state index in [1.165, 1.54) is 27.0 Å². The second-order valence-corrected chi connectivity index (χ2v) is 9.89. The maximum Gasteiger partial charge on any atom is 0.243 e. The van der Waals surface area contributed by atoms with E-state index >= 15 is 0 Å². The number of hydrogen-bond acceptors (Lipinski definition) is 7. The molecule has 0 radical (unpaired) electrons. The Kier molecular flexibility index (Phi) is 6.03. The van der Waals surface area contributed by atoms with Gasteiger partial charge >= 0.3 is 0 Å². The first-order valence-electron chi connectivity index (χ1n) is 9.73. The third kappa shape index (κ3) is 4.48. The van der Waals surface area contributed by atoms with Gasteiger partial charge in [0.25, 0.3) is 0 Å². The van der Waals surface area contributed by atoms with Gasteiger partial charge in [0, 0.05) is 44.1 Å². The van der Waals surface area contributed by atoms with E-state index in [0.717, 1.165) is 11.0 Å². The van der Waals surface area contributed by atoms with Gasteiger partial charge in [-0.3, -0.25) is 0 Å². The number of hydrogen-bond donors (Lipinski definition) is 0. The van der Waals surface area contributed by atoms with Crippen molar-refractivity contribution in [3.63, 3.8) is 0 Å². The van der Waals surface area contributed by atoms with Crippen LogP contribution in [0.1, 0.15) is 17.0 Å². The molecule has 0 bridgehead atoms. The van der Waals surface area contributed by atoms with Crippen LogP contribution in [-0.2, 0) is 16.4 Å². The first-order valence-corrected chi connectivity index (χ1v) is 11.9. The number of methoxy groups -OCH3 is 1. The fourth-order valence-electron chi connectivity index (χ4n) is 3.47. The van der Waals surface area contributed by atoms with Crippen LogP contribution in [0.25, 0.3) is 0 Å². The summed E-state index contributed by atoms with van der Waals surface area (Å²) < 4.78 is 36.9. The Morgan fingerprint density at radius 3 is 2.47 bits per heavy atom. The average Bonchev–Trinajstić information content (AvgIpc) is 3.22. The molecule has 0 spiro atoms. The molecular formula is C21H24N4O3S2. The molecule has 0 saturated carbocycles. The van der Waals surface area contributed by atoms with Crippen LogP contribution < -0.4 is 9.64 Å². The maximum absolute atomic E-state index is 12.9. The number of benzene rings is 2. The van der Waals surface area contributed by atoms with Crippen molar-refractivity contribution >= 4 is 26.7 Å². The molecule has 0 N–H and O–H groups in total. The zero-order valence-corrected chi connectivity index (χ0v) is 18.6. The number of nitrogens with zero attached hydrogens (tertiary/aromatic N) is 4. The van der Waals surface area contributed by atoms with E-state index < -0.39 is 10.0 Å². The predicted molar refractivity (Wildman–Crippen MR) is 118 cm³/mol. The highest BCUT2D eigenvalue weighted by molar-refractivity contribution is 7.89. The Morgan fingerprint density at radius 2 is 1.80 bits per heavy atom. The summed E-state index contributed by atoms with van der Waals surface area (Å²) in [7, 11) is -1.96. The molecule has 1 saturated heterocycles. The molecule has 2 aromatic carbocycles.